The van der Waals surface area contributed by atoms with Crippen LogP contribution in [0.2, 0.25) is 0 Å². The number of hydrogen-bond acceptors (Lipinski definition) is 2. The Kier molecular flexibility index (Phi) is 3.25. The van der Waals surface area contributed by atoms with Crippen LogP contribution in [-0.4, -0.2) is 22.8 Å². The Morgan fingerprint density at radius 3 is 2.59 bits per heavy atom. The maximum Gasteiger partial charge on any atom is 0.0797 e. The van der Waals surface area contributed by atoms with Crippen LogP contribution in [0.5, 0.6) is 0 Å². The number of halogens is 1. The van der Waals surface area contributed by atoms with Crippen LogP contribution in [0.3, 0.4) is 0 Å². The SMILES string of the molecule is CC(C)N1c2ccc(Br)cc2CC1C(C)(C)O. The van der Waals surface area contributed by atoms with Gasteiger partial charge in [-0.15, -0.1) is 0 Å². The Hall–Kier alpha value is -0.540. The molecule has 17 heavy (non-hydrogen) atoms. The molecule has 2 rings (SSSR count). The first-order chi connectivity index (χ1) is 7.80. The molecule has 1 aliphatic rings. The Morgan fingerprint density at radius 1 is 1.41 bits per heavy atom. The van der Waals surface area contributed by atoms with E-state index in [0.29, 0.717) is 6.04 Å². The normalized spacial score (nSPS) is 19.9. The molecule has 0 fully saturated rings. The van der Waals surface area contributed by atoms with Crippen molar-refractivity contribution in [1.82, 2.24) is 0 Å². The molecule has 94 valence electrons. The van der Waals surface area contributed by atoms with E-state index in [0.717, 1.165) is 10.9 Å². The van der Waals surface area contributed by atoms with E-state index in [4.69, 9.17) is 0 Å². The van der Waals surface area contributed by atoms with E-state index in [2.05, 4.69) is 52.9 Å². The minimum absolute atomic E-state index is 0.159. The first-order valence-corrected chi connectivity index (χ1v) is 6.89. The predicted octanol–water partition coefficient (Wildman–Crippen LogP) is 3.36. The van der Waals surface area contributed by atoms with Gasteiger partial charge >= 0.3 is 0 Å². The molecule has 1 unspecified atom stereocenters. The third-order valence-electron chi connectivity index (χ3n) is 3.44. The molecule has 0 saturated carbocycles. The maximum absolute atomic E-state index is 10.3. The Bertz CT molecular complexity index is 423. The highest BCUT2D eigenvalue weighted by molar-refractivity contribution is 9.10. The Morgan fingerprint density at radius 2 is 2.06 bits per heavy atom. The number of hydrogen-bond donors (Lipinski definition) is 1. The average molecular weight is 298 g/mol. The van der Waals surface area contributed by atoms with Crippen molar-refractivity contribution in [3.63, 3.8) is 0 Å². The topological polar surface area (TPSA) is 23.5 Å². The molecule has 2 nitrogen and oxygen atoms in total. The zero-order chi connectivity index (χ0) is 12.8. The number of anilines is 1. The lowest BCUT2D eigenvalue weighted by Gasteiger charge is -2.38. The molecule has 1 N–H and O–H groups in total. The first kappa shape index (κ1) is 12.9. The molecular weight excluding hydrogens is 278 g/mol. The molecule has 0 aromatic heterocycles. The summed E-state index contributed by atoms with van der Waals surface area (Å²) in [5.74, 6) is 0. The smallest absolute Gasteiger partial charge is 0.0797 e. The zero-order valence-corrected chi connectivity index (χ0v) is 12.5. The van der Waals surface area contributed by atoms with Crippen molar-refractivity contribution in [2.75, 3.05) is 4.90 Å². The second-order valence-electron chi connectivity index (χ2n) is 5.65. The summed E-state index contributed by atoms with van der Waals surface area (Å²) >= 11 is 3.51. The summed E-state index contributed by atoms with van der Waals surface area (Å²) in [5, 5.41) is 10.3. The summed E-state index contributed by atoms with van der Waals surface area (Å²) in [6.45, 7) is 8.15. The van der Waals surface area contributed by atoms with E-state index in [1.54, 1.807) is 0 Å². The van der Waals surface area contributed by atoms with E-state index < -0.39 is 5.60 Å². The summed E-state index contributed by atoms with van der Waals surface area (Å²) < 4.78 is 1.11. The highest BCUT2D eigenvalue weighted by atomic mass is 79.9. The number of aliphatic hydroxyl groups is 1. The largest absolute Gasteiger partial charge is 0.388 e. The third-order valence-corrected chi connectivity index (χ3v) is 3.93. The molecule has 1 aromatic carbocycles. The van der Waals surface area contributed by atoms with Gasteiger partial charge in [-0.1, -0.05) is 15.9 Å². The van der Waals surface area contributed by atoms with Crippen molar-refractivity contribution in [1.29, 1.82) is 0 Å². The second kappa shape index (κ2) is 4.29. The summed E-state index contributed by atoms with van der Waals surface area (Å²) in [6.07, 6.45) is 0.913. The van der Waals surface area contributed by atoms with Crippen LogP contribution < -0.4 is 4.90 Å². The van der Waals surface area contributed by atoms with E-state index >= 15 is 0 Å². The molecule has 1 heterocycles. The summed E-state index contributed by atoms with van der Waals surface area (Å²) in [5.41, 5.74) is 1.89. The molecule has 0 bridgehead atoms. The number of rotatable bonds is 2. The van der Waals surface area contributed by atoms with Crippen molar-refractivity contribution in [2.24, 2.45) is 0 Å². The van der Waals surface area contributed by atoms with Crippen molar-refractivity contribution in [3.05, 3.63) is 28.2 Å². The lowest BCUT2D eigenvalue weighted by Crippen LogP contribution is -2.50. The lowest BCUT2D eigenvalue weighted by atomic mass is 9.94. The molecule has 0 aliphatic carbocycles. The Balaban J connectivity index is 2.44. The van der Waals surface area contributed by atoms with Crippen LogP contribution in [0, 0.1) is 0 Å². The zero-order valence-electron chi connectivity index (χ0n) is 10.9. The minimum Gasteiger partial charge on any atom is -0.388 e. The van der Waals surface area contributed by atoms with E-state index in [1.165, 1.54) is 11.3 Å². The average Bonchev–Trinajstić information content (AvgIpc) is 2.55. The molecule has 0 radical (unpaired) electrons. The fourth-order valence-electron chi connectivity index (χ4n) is 2.67. The highest BCUT2D eigenvalue weighted by Gasteiger charge is 2.39. The molecular formula is C14H20BrNO. The van der Waals surface area contributed by atoms with Gasteiger partial charge in [0, 0.05) is 16.2 Å². The van der Waals surface area contributed by atoms with Gasteiger partial charge < -0.3 is 10.0 Å². The fourth-order valence-corrected chi connectivity index (χ4v) is 3.08. The molecule has 1 atom stereocenters. The highest BCUT2D eigenvalue weighted by Crippen LogP contribution is 2.39. The number of nitrogens with zero attached hydrogens (tertiary/aromatic N) is 1. The van der Waals surface area contributed by atoms with Crippen molar-refractivity contribution in [3.8, 4) is 0 Å². The van der Waals surface area contributed by atoms with Crippen molar-refractivity contribution < 1.29 is 5.11 Å². The number of benzene rings is 1. The summed E-state index contributed by atoms with van der Waals surface area (Å²) in [7, 11) is 0. The van der Waals surface area contributed by atoms with Gasteiger partial charge in [-0.25, -0.2) is 0 Å². The van der Waals surface area contributed by atoms with Crippen LogP contribution in [0.15, 0.2) is 22.7 Å². The van der Waals surface area contributed by atoms with Gasteiger partial charge in [0.1, 0.15) is 0 Å². The van der Waals surface area contributed by atoms with Gasteiger partial charge in [-0.2, -0.15) is 0 Å². The van der Waals surface area contributed by atoms with Gasteiger partial charge in [0.25, 0.3) is 0 Å². The van der Waals surface area contributed by atoms with Gasteiger partial charge in [0.15, 0.2) is 0 Å². The lowest BCUT2D eigenvalue weighted by molar-refractivity contribution is 0.0498. The van der Waals surface area contributed by atoms with Gasteiger partial charge in [0.2, 0.25) is 0 Å². The van der Waals surface area contributed by atoms with Crippen LogP contribution in [0.4, 0.5) is 5.69 Å². The Labute approximate surface area is 112 Å². The molecule has 1 aromatic rings. The number of fused-ring (bicyclic) bond motifs is 1. The van der Waals surface area contributed by atoms with E-state index in [9.17, 15) is 5.11 Å². The van der Waals surface area contributed by atoms with Crippen molar-refractivity contribution >= 4 is 21.6 Å². The predicted molar refractivity (Wildman–Crippen MR) is 75.5 cm³/mol. The maximum atomic E-state index is 10.3. The van der Waals surface area contributed by atoms with Crippen LogP contribution in [-0.2, 0) is 6.42 Å². The van der Waals surface area contributed by atoms with Gasteiger partial charge in [0.05, 0.1) is 11.6 Å². The molecule has 1 aliphatic heterocycles. The van der Waals surface area contributed by atoms with Crippen LogP contribution >= 0.6 is 15.9 Å². The van der Waals surface area contributed by atoms with Gasteiger partial charge in [-0.3, -0.25) is 0 Å². The van der Waals surface area contributed by atoms with Gasteiger partial charge in [-0.05, 0) is 57.9 Å². The molecule has 0 saturated heterocycles. The standard InChI is InChI=1S/C14H20BrNO/c1-9(2)16-12-6-5-11(15)7-10(12)8-13(16)14(3,4)17/h5-7,9,13,17H,8H2,1-4H3. The third kappa shape index (κ3) is 2.36. The molecule has 0 amide bonds. The summed E-state index contributed by atoms with van der Waals surface area (Å²) in [4.78, 5) is 2.34. The van der Waals surface area contributed by atoms with Crippen LogP contribution in [0.1, 0.15) is 33.3 Å². The van der Waals surface area contributed by atoms with Crippen LogP contribution in [0.25, 0.3) is 0 Å². The molecule has 3 heteroatoms. The first-order valence-electron chi connectivity index (χ1n) is 6.10. The molecule has 0 spiro atoms. The van der Waals surface area contributed by atoms with E-state index in [-0.39, 0.29) is 6.04 Å². The van der Waals surface area contributed by atoms with E-state index in [1.807, 2.05) is 13.8 Å². The van der Waals surface area contributed by atoms with Crippen molar-refractivity contribution in [2.45, 2.75) is 51.8 Å². The second-order valence-corrected chi connectivity index (χ2v) is 6.56. The fraction of sp³-hybridized carbons (Fsp3) is 0.571. The quantitative estimate of drug-likeness (QED) is 0.905. The monoisotopic (exact) mass is 297 g/mol. The summed E-state index contributed by atoms with van der Waals surface area (Å²) in [6, 6.07) is 6.93. The minimum atomic E-state index is -0.685.